The third kappa shape index (κ3) is 6.02. The monoisotopic (exact) mass is 240 g/mol. The fourth-order valence-corrected chi connectivity index (χ4v) is 2.24. The molecule has 1 aliphatic carbocycles. The van der Waals surface area contributed by atoms with Gasteiger partial charge < -0.3 is 14.8 Å². The largest absolute Gasteiger partial charge is 0.382 e. The molecule has 0 amide bonds. The maximum atomic E-state index is 9.03. The van der Waals surface area contributed by atoms with Crippen LogP contribution in [0, 0.1) is 17.2 Å². The molecule has 1 rings (SSSR count). The molecule has 1 N–H and O–H groups in total. The Morgan fingerprint density at radius 2 is 2.06 bits per heavy atom. The molecular weight excluding hydrogens is 216 g/mol. The lowest BCUT2D eigenvalue weighted by atomic mass is 9.85. The molecule has 0 aromatic rings. The Morgan fingerprint density at radius 3 is 2.82 bits per heavy atom. The number of hydrogen-bond donors (Lipinski definition) is 1. The van der Waals surface area contributed by atoms with Crippen molar-refractivity contribution in [2.45, 2.75) is 38.1 Å². The minimum Gasteiger partial charge on any atom is -0.382 e. The molecule has 0 aromatic carbocycles. The molecular formula is C13H24N2O2. The number of nitrogens with one attached hydrogen (secondary N) is 1. The maximum absolute atomic E-state index is 9.03. The molecule has 17 heavy (non-hydrogen) atoms. The molecule has 98 valence electrons. The zero-order chi connectivity index (χ0) is 12.3. The van der Waals surface area contributed by atoms with Gasteiger partial charge in [-0.1, -0.05) is 12.8 Å². The molecule has 0 heterocycles. The van der Waals surface area contributed by atoms with Crippen molar-refractivity contribution in [3.05, 3.63) is 0 Å². The zero-order valence-electron chi connectivity index (χ0n) is 10.8. The van der Waals surface area contributed by atoms with E-state index in [1.165, 1.54) is 12.8 Å². The van der Waals surface area contributed by atoms with Crippen LogP contribution < -0.4 is 5.32 Å². The summed E-state index contributed by atoms with van der Waals surface area (Å²) in [7, 11) is 1.68. The van der Waals surface area contributed by atoms with Crippen LogP contribution in [0.4, 0.5) is 0 Å². The Kier molecular flexibility index (Phi) is 7.98. The summed E-state index contributed by atoms with van der Waals surface area (Å²) < 4.78 is 10.3. The molecule has 4 nitrogen and oxygen atoms in total. The van der Waals surface area contributed by atoms with Crippen molar-refractivity contribution in [3.63, 3.8) is 0 Å². The van der Waals surface area contributed by atoms with Crippen LogP contribution in [0.2, 0.25) is 0 Å². The quantitative estimate of drug-likeness (QED) is 0.656. The van der Waals surface area contributed by atoms with E-state index >= 15 is 0 Å². The maximum Gasteiger partial charge on any atom is 0.0700 e. The SMILES string of the molecule is COCCOCCCNC1CCCCC1C#N. The summed E-state index contributed by atoms with van der Waals surface area (Å²) in [5.41, 5.74) is 0. The summed E-state index contributed by atoms with van der Waals surface area (Å²) in [6.07, 6.45) is 5.65. The van der Waals surface area contributed by atoms with Crippen molar-refractivity contribution in [2.24, 2.45) is 5.92 Å². The second-order valence-corrected chi connectivity index (χ2v) is 4.54. The highest BCUT2D eigenvalue weighted by atomic mass is 16.5. The van der Waals surface area contributed by atoms with Crippen LogP contribution in [0.3, 0.4) is 0 Å². The second-order valence-electron chi connectivity index (χ2n) is 4.54. The Bertz CT molecular complexity index is 228. The normalized spacial score (nSPS) is 24.5. The summed E-state index contributed by atoms with van der Waals surface area (Å²) in [4.78, 5) is 0. The van der Waals surface area contributed by atoms with Gasteiger partial charge in [-0.25, -0.2) is 0 Å². The van der Waals surface area contributed by atoms with Gasteiger partial charge in [-0.05, 0) is 25.8 Å². The minimum absolute atomic E-state index is 0.207. The third-order valence-electron chi connectivity index (χ3n) is 3.24. The highest BCUT2D eigenvalue weighted by Crippen LogP contribution is 2.23. The molecule has 0 radical (unpaired) electrons. The third-order valence-corrected chi connectivity index (χ3v) is 3.24. The zero-order valence-corrected chi connectivity index (χ0v) is 10.8. The standard InChI is InChI=1S/C13H24N2O2/c1-16-9-10-17-8-4-7-15-13-6-3-2-5-12(13)11-14/h12-13,15H,2-10H2,1H3. The first-order valence-electron chi connectivity index (χ1n) is 6.58. The van der Waals surface area contributed by atoms with E-state index in [1.807, 2.05) is 0 Å². The van der Waals surface area contributed by atoms with Gasteiger partial charge in [0.25, 0.3) is 0 Å². The highest BCUT2D eigenvalue weighted by Gasteiger charge is 2.23. The number of ether oxygens (including phenoxy) is 2. The number of rotatable bonds is 8. The van der Waals surface area contributed by atoms with Gasteiger partial charge in [-0.2, -0.15) is 5.26 Å². The first kappa shape index (κ1) is 14.4. The first-order valence-corrected chi connectivity index (χ1v) is 6.58. The molecule has 2 atom stereocenters. The summed E-state index contributed by atoms with van der Waals surface area (Å²) in [5.74, 6) is 0.207. The predicted molar refractivity (Wildman–Crippen MR) is 66.7 cm³/mol. The molecule has 0 aliphatic heterocycles. The molecule has 1 fully saturated rings. The lowest BCUT2D eigenvalue weighted by Crippen LogP contribution is -2.38. The van der Waals surface area contributed by atoms with Gasteiger partial charge in [0, 0.05) is 19.8 Å². The number of hydrogen-bond acceptors (Lipinski definition) is 4. The Morgan fingerprint density at radius 1 is 1.24 bits per heavy atom. The van der Waals surface area contributed by atoms with Gasteiger partial charge in [-0.15, -0.1) is 0 Å². The van der Waals surface area contributed by atoms with Crippen molar-refractivity contribution in [1.29, 1.82) is 5.26 Å². The lowest BCUT2D eigenvalue weighted by Gasteiger charge is -2.27. The van der Waals surface area contributed by atoms with E-state index in [1.54, 1.807) is 7.11 Å². The van der Waals surface area contributed by atoms with Crippen molar-refractivity contribution in [3.8, 4) is 6.07 Å². The average molecular weight is 240 g/mol. The smallest absolute Gasteiger partial charge is 0.0700 e. The lowest BCUT2D eigenvalue weighted by molar-refractivity contribution is 0.0689. The average Bonchev–Trinajstić information content (AvgIpc) is 2.38. The molecule has 0 aromatic heterocycles. The van der Waals surface area contributed by atoms with Crippen LogP contribution in [0.1, 0.15) is 32.1 Å². The van der Waals surface area contributed by atoms with Crippen molar-refractivity contribution in [1.82, 2.24) is 5.32 Å². The molecule has 1 aliphatic rings. The molecule has 2 unspecified atom stereocenters. The topological polar surface area (TPSA) is 54.3 Å². The fourth-order valence-electron chi connectivity index (χ4n) is 2.24. The Labute approximate surface area is 104 Å². The predicted octanol–water partition coefficient (Wildman–Crippen LogP) is 1.71. The summed E-state index contributed by atoms with van der Waals surface area (Å²) in [5, 5.41) is 12.5. The van der Waals surface area contributed by atoms with Crippen LogP contribution in [0.25, 0.3) is 0 Å². The van der Waals surface area contributed by atoms with Crippen molar-refractivity contribution >= 4 is 0 Å². The van der Waals surface area contributed by atoms with Crippen LogP contribution >= 0.6 is 0 Å². The van der Waals surface area contributed by atoms with E-state index in [-0.39, 0.29) is 5.92 Å². The highest BCUT2D eigenvalue weighted by molar-refractivity contribution is 4.94. The van der Waals surface area contributed by atoms with Gasteiger partial charge in [0.2, 0.25) is 0 Å². The molecule has 4 heteroatoms. The molecule has 1 saturated carbocycles. The fraction of sp³-hybridized carbons (Fsp3) is 0.923. The Hall–Kier alpha value is -0.630. The summed E-state index contributed by atoms with van der Waals surface area (Å²) in [6, 6.07) is 2.81. The van der Waals surface area contributed by atoms with E-state index in [0.29, 0.717) is 19.3 Å². The van der Waals surface area contributed by atoms with Gasteiger partial charge in [0.05, 0.1) is 25.2 Å². The van der Waals surface area contributed by atoms with E-state index in [0.717, 1.165) is 32.4 Å². The van der Waals surface area contributed by atoms with Crippen LogP contribution in [-0.4, -0.2) is 39.5 Å². The molecule has 0 saturated heterocycles. The first-order chi connectivity index (χ1) is 8.38. The van der Waals surface area contributed by atoms with E-state index in [2.05, 4.69) is 11.4 Å². The van der Waals surface area contributed by atoms with E-state index in [4.69, 9.17) is 14.7 Å². The van der Waals surface area contributed by atoms with E-state index in [9.17, 15) is 0 Å². The number of methoxy groups -OCH3 is 1. The van der Waals surface area contributed by atoms with Crippen molar-refractivity contribution in [2.75, 3.05) is 33.5 Å². The van der Waals surface area contributed by atoms with Crippen LogP contribution in [-0.2, 0) is 9.47 Å². The van der Waals surface area contributed by atoms with Crippen LogP contribution in [0.15, 0.2) is 0 Å². The summed E-state index contributed by atoms with van der Waals surface area (Å²) >= 11 is 0. The number of nitriles is 1. The van der Waals surface area contributed by atoms with Crippen molar-refractivity contribution < 1.29 is 9.47 Å². The van der Waals surface area contributed by atoms with Gasteiger partial charge in [0.1, 0.15) is 0 Å². The van der Waals surface area contributed by atoms with Gasteiger partial charge >= 0.3 is 0 Å². The molecule has 0 bridgehead atoms. The van der Waals surface area contributed by atoms with Gasteiger partial charge in [0.15, 0.2) is 0 Å². The molecule has 0 spiro atoms. The van der Waals surface area contributed by atoms with E-state index < -0.39 is 0 Å². The minimum atomic E-state index is 0.207. The van der Waals surface area contributed by atoms with Gasteiger partial charge in [-0.3, -0.25) is 0 Å². The van der Waals surface area contributed by atoms with Crippen LogP contribution in [0.5, 0.6) is 0 Å². The second kappa shape index (κ2) is 9.41. The Balaban J connectivity index is 1.99. The summed E-state index contributed by atoms with van der Waals surface area (Å²) in [6.45, 7) is 3.03. The number of nitrogens with zero attached hydrogens (tertiary/aromatic N) is 1.